The molecule has 0 heterocycles. The van der Waals surface area contributed by atoms with Crippen LogP contribution >= 0.6 is 24.0 Å². The Morgan fingerprint density at radius 3 is 2.52 bits per heavy atom. The van der Waals surface area contributed by atoms with Gasteiger partial charge in [0.05, 0.1) is 6.26 Å². The highest BCUT2D eigenvalue weighted by Crippen LogP contribution is 2.21. The lowest BCUT2D eigenvalue weighted by Crippen LogP contribution is -2.41. The van der Waals surface area contributed by atoms with Crippen molar-refractivity contribution in [1.29, 1.82) is 0 Å². The fourth-order valence-electron chi connectivity index (χ4n) is 1.87. The first kappa shape index (κ1) is 23.8. The molecule has 0 amide bonds. The molecule has 144 valence electrons. The first-order chi connectivity index (χ1) is 11.2. The molecule has 1 aromatic rings. The number of aliphatic imine (C=N–C) groups is 1. The highest BCUT2D eigenvalue weighted by Gasteiger charge is 2.10. The van der Waals surface area contributed by atoms with Crippen molar-refractivity contribution in [3.05, 3.63) is 29.3 Å². The summed E-state index contributed by atoms with van der Waals surface area (Å²) in [6.45, 7) is -0.307. The van der Waals surface area contributed by atoms with Crippen molar-refractivity contribution in [1.82, 2.24) is 15.4 Å². The zero-order chi connectivity index (χ0) is 18.2. The average Bonchev–Trinajstić information content (AvgIpc) is 2.47. The standard InChI is InChI=1S/C14H22F2N4O3S.HI/c1-10-4-5-12(23-13(15)16)11(8-10)9-19-14(17-2)18-6-7-20-24(3,21)22;/h4-5,8,13,20H,6-7,9H2,1-3H3,(H2,17,18,19);1H. The van der Waals surface area contributed by atoms with Gasteiger partial charge in [-0.25, -0.2) is 13.1 Å². The lowest BCUT2D eigenvalue weighted by Gasteiger charge is -2.15. The van der Waals surface area contributed by atoms with E-state index in [0.29, 0.717) is 18.1 Å². The monoisotopic (exact) mass is 492 g/mol. The number of sulfonamides is 1. The van der Waals surface area contributed by atoms with Crippen molar-refractivity contribution < 1.29 is 21.9 Å². The second-order valence-corrected chi connectivity index (χ2v) is 6.84. The molecule has 0 aromatic heterocycles. The Bertz CT molecular complexity index is 672. The summed E-state index contributed by atoms with van der Waals surface area (Å²) in [5, 5.41) is 5.87. The lowest BCUT2D eigenvalue weighted by atomic mass is 10.1. The quantitative estimate of drug-likeness (QED) is 0.221. The minimum atomic E-state index is -3.24. The van der Waals surface area contributed by atoms with Gasteiger partial charge in [-0.05, 0) is 13.0 Å². The molecule has 0 bridgehead atoms. The van der Waals surface area contributed by atoms with E-state index in [1.54, 1.807) is 19.2 Å². The zero-order valence-electron chi connectivity index (χ0n) is 14.2. The summed E-state index contributed by atoms with van der Waals surface area (Å²) >= 11 is 0. The van der Waals surface area contributed by atoms with Crippen molar-refractivity contribution >= 4 is 40.0 Å². The van der Waals surface area contributed by atoms with Gasteiger partial charge in [-0.3, -0.25) is 4.99 Å². The average molecular weight is 492 g/mol. The van der Waals surface area contributed by atoms with Crippen LogP contribution in [0.4, 0.5) is 8.78 Å². The van der Waals surface area contributed by atoms with Gasteiger partial charge in [-0.15, -0.1) is 24.0 Å². The number of alkyl halides is 2. The molecular formula is C14H23F2IN4O3S. The fraction of sp³-hybridized carbons (Fsp3) is 0.500. The lowest BCUT2D eigenvalue weighted by molar-refractivity contribution is -0.0504. The highest BCUT2D eigenvalue weighted by atomic mass is 127. The van der Waals surface area contributed by atoms with Crippen LogP contribution in [0.1, 0.15) is 11.1 Å². The molecule has 0 aliphatic heterocycles. The summed E-state index contributed by atoms with van der Waals surface area (Å²) in [7, 11) is -1.70. The van der Waals surface area contributed by atoms with Crippen LogP contribution < -0.4 is 20.1 Å². The number of aryl methyl sites for hydroxylation is 1. The molecule has 1 aromatic carbocycles. The van der Waals surface area contributed by atoms with Crippen LogP contribution in [0.5, 0.6) is 5.75 Å². The zero-order valence-corrected chi connectivity index (χ0v) is 17.3. The summed E-state index contributed by atoms with van der Waals surface area (Å²) in [5.41, 5.74) is 1.47. The Labute approximate surface area is 163 Å². The first-order valence-electron chi connectivity index (χ1n) is 7.15. The van der Waals surface area contributed by atoms with Gasteiger partial charge in [0.25, 0.3) is 0 Å². The van der Waals surface area contributed by atoms with Gasteiger partial charge < -0.3 is 15.4 Å². The Kier molecular flexibility index (Phi) is 10.9. The van der Waals surface area contributed by atoms with Crippen molar-refractivity contribution in [3.63, 3.8) is 0 Å². The van der Waals surface area contributed by atoms with E-state index in [2.05, 4.69) is 25.1 Å². The van der Waals surface area contributed by atoms with E-state index in [4.69, 9.17) is 0 Å². The van der Waals surface area contributed by atoms with Crippen LogP contribution in [0.3, 0.4) is 0 Å². The van der Waals surface area contributed by atoms with Crippen LogP contribution in [0, 0.1) is 6.92 Å². The van der Waals surface area contributed by atoms with Crippen LogP contribution in [0.15, 0.2) is 23.2 Å². The first-order valence-corrected chi connectivity index (χ1v) is 9.04. The van der Waals surface area contributed by atoms with Gasteiger partial charge in [0.2, 0.25) is 10.0 Å². The van der Waals surface area contributed by atoms with Gasteiger partial charge in [-0.2, -0.15) is 8.78 Å². The van der Waals surface area contributed by atoms with E-state index in [9.17, 15) is 17.2 Å². The Morgan fingerprint density at radius 2 is 1.96 bits per heavy atom. The Hall–Kier alpha value is -1.21. The maximum Gasteiger partial charge on any atom is 0.387 e. The number of nitrogens with zero attached hydrogens (tertiary/aromatic N) is 1. The second kappa shape index (κ2) is 11.4. The molecule has 0 saturated carbocycles. The van der Waals surface area contributed by atoms with E-state index in [1.165, 1.54) is 6.07 Å². The smallest absolute Gasteiger partial charge is 0.387 e. The Morgan fingerprint density at radius 1 is 1.28 bits per heavy atom. The molecule has 0 unspecified atom stereocenters. The van der Waals surface area contributed by atoms with Crippen molar-refractivity contribution in [2.45, 2.75) is 20.1 Å². The molecule has 0 aliphatic rings. The molecule has 0 fully saturated rings. The van der Waals surface area contributed by atoms with Crippen molar-refractivity contribution in [3.8, 4) is 5.75 Å². The molecule has 11 heteroatoms. The van der Waals surface area contributed by atoms with Crippen molar-refractivity contribution in [2.24, 2.45) is 4.99 Å². The van der Waals surface area contributed by atoms with E-state index >= 15 is 0 Å². The summed E-state index contributed by atoms with van der Waals surface area (Å²) in [4.78, 5) is 3.98. The number of hydrogen-bond acceptors (Lipinski definition) is 4. The predicted octanol–water partition coefficient (Wildman–Crippen LogP) is 1.43. The third-order valence-electron chi connectivity index (χ3n) is 2.88. The minimum absolute atomic E-state index is 0. The number of ether oxygens (including phenoxy) is 1. The Balaban J connectivity index is 0.00000576. The number of halogens is 3. The number of benzene rings is 1. The molecule has 0 radical (unpaired) electrons. The SMILES string of the molecule is CN=C(NCCNS(C)(=O)=O)NCc1cc(C)ccc1OC(F)F.I. The van der Waals surface area contributed by atoms with E-state index < -0.39 is 16.6 Å². The molecule has 7 nitrogen and oxygen atoms in total. The molecule has 0 atom stereocenters. The summed E-state index contributed by atoms with van der Waals surface area (Å²) in [5.74, 6) is 0.507. The van der Waals surface area contributed by atoms with Crippen LogP contribution in [0.25, 0.3) is 0 Å². The van der Waals surface area contributed by atoms with E-state index in [-0.39, 0.29) is 42.8 Å². The van der Waals surface area contributed by atoms with Gasteiger partial charge >= 0.3 is 6.61 Å². The summed E-state index contributed by atoms with van der Waals surface area (Å²) in [6, 6.07) is 4.92. The molecule has 0 spiro atoms. The highest BCUT2D eigenvalue weighted by molar-refractivity contribution is 14.0. The largest absolute Gasteiger partial charge is 0.434 e. The molecule has 0 aliphatic carbocycles. The number of rotatable bonds is 8. The third-order valence-corrected chi connectivity index (χ3v) is 3.61. The fourth-order valence-corrected chi connectivity index (χ4v) is 2.35. The van der Waals surface area contributed by atoms with E-state index in [1.807, 2.05) is 6.92 Å². The van der Waals surface area contributed by atoms with Crippen molar-refractivity contribution in [2.75, 3.05) is 26.4 Å². The molecular weight excluding hydrogens is 469 g/mol. The maximum absolute atomic E-state index is 12.4. The van der Waals surface area contributed by atoms with Gasteiger partial charge in [0.15, 0.2) is 5.96 Å². The van der Waals surface area contributed by atoms with Gasteiger partial charge in [0, 0.05) is 32.2 Å². The summed E-state index contributed by atoms with van der Waals surface area (Å²) in [6.07, 6.45) is 1.07. The topological polar surface area (TPSA) is 91.8 Å². The normalized spacial score (nSPS) is 11.8. The maximum atomic E-state index is 12.4. The second-order valence-electron chi connectivity index (χ2n) is 5.01. The van der Waals surface area contributed by atoms with E-state index in [0.717, 1.165) is 11.8 Å². The van der Waals surface area contributed by atoms with Crippen LogP contribution in [-0.4, -0.2) is 47.4 Å². The molecule has 1 rings (SSSR count). The third kappa shape index (κ3) is 10.4. The molecule has 0 saturated heterocycles. The predicted molar refractivity (Wildman–Crippen MR) is 104 cm³/mol. The molecule has 3 N–H and O–H groups in total. The molecule has 25 heavy (non-hydrogen) atoms. The number of hydrogen-bond donors (Lipinski definition) is 3. The number of nitrogens with one attached hydrogen (secondary N) is 3. The summed E-state index contributed by atoms with van der Waals surface area (Å²) < 4.78 is 53.6. The van der Waals surface area contributed by atoms with Crippen LogP contribution in [0.2, 0.25) is 0 Å². The van der Waals surface area contributed by atoms with Crippen LogP contribution in [-0.2, 0) is 16.6 Å². The van der Waals surface area contributed by atoms with Gasteiger partial charge in [0.1, 0.15) is 5.75 Å². The van der Waals surface area contributed by atoms with Gasteiger partial charge in [-0.1, -0.05) is 17.7 Å². The minimum Gasteiger partial charge on any atom is -0.434 e. The number of guanidine groups is 1.